The lowest BCUT2D eigenvalue weighted by molar-refractivity contribution is -0.316. The highest BCUT2D eigenvalue weighted by Gasteiger charge is 2.48. The molecule has 1 fully saturated rings. The Morgan fingerprint density at radius 3 is 2.27 bits per heavy atom. The molecule has 2 amide bonds. The smallest absolute Gasteiger partial charge is 0.262 e. The molecule has 2 heterocycles. The minimum absolute atomic E-state index is 0.139. The van der Waals surface area contributed by atoms with Crippen molar-refractivity contribution in [2.45, 2.75) is 111 Å². The van der Waals surface area contributed by atoms with Gasteiger partial charge < -0.3 is 25.1 Å². The molecular weight excluding hydrogens is 620 g/mol. The van der Waals surface area contributed by atoms with Crippen LogP contribution in [0.3, 0.4) is 0 Å². The Bertz CT molecular complexity index is 1680. The summed E-state index contributed by atoms with van der Waals surface area (Å²) in [5.41, 5.74) is 7.56. The molecule has 1 saturated carbocycles. The van der Waals surface area contributed by atoms with Gasteiger partial charge in [-0.25, -0.2) is 4.99 Å². The summed E-state index contributed by atoms with van der Waals surface area (Å²) in [7, 11) is 1.74. The number of nitrogens with two attached hydrogens (primary N) is 1. The van der Waals surface area contributed by atoms with E-state index in [1.165, 1.54) is 0 Å². The third-order valence-corrected chi connectivity index (χ3v) is 8.73. The second-order valence-electron chi connectivity index (χ2n) is 15.7. The molecule has 11 heteroatoms. The first-order valence-electron chi connectivity index (χ1n) is 17.0. The molecule has 264 valence electrons. The number of benzene rings is 2. The zero-order valence-electron chi connectivity index (χ0n) is 30.4. The van der Waals surface area contributed by atoms with Crippen molar-refractivity contribution >= 4 is 23.7 Å². The minimum atomic E-state index is -1.05. The number of aromatic nitrogens is 2. The number of carboxylic acid groups (broad SMARTS) is 1. The largest absolute Gasteiger partial charge is 0.550 e. The number of aliphatic carboxylic acids is 1. The van der Waals surface area contributed by atoms with Gasteiger partial charge in [0.05, 0.1) is 13.1 Å². The fraction of sp³-hybridized carbons (Fsp3) is 0.526. The highest BCUT2D eigenvalue weighted by molar-refractivity contribution is 6.07. The first-order chi connectivity index (χ1) is 22.8. The van der Waals surface area contributed by atoms with E-state index in [1.54, 1.807) is 37.6 Å². The average Bonchev–Trinajstić information content (AvgIpc) is 3.73. The fourth-order valence-electron chi connectivity index (χ4n) is 5.51. The second kappa shape index (κ2) is 14.5. The Labute approximate surface area is 290 Å². The van der Waals surface area contributed by atoms with Crippen molar-refractivity contribution < 1.29 is 24.0 Å². The van der Waals surface area contributed by atoms with Gasteiger partial charge in [0.2, 0.25) is 5.89 Å². The van der Waals surface area contributed by atoms with Crippen molar-refractivity contribution in [1.82, 2.24) is 19.9 Å². The monoisotopic (exact) mass is 671 g/mol. The summed E-state index contributed by atoms with van der Waals surface area (Å²) >= 11 is 0. The van der Waals surface area contributed by atoms with E-state index in [4.69, 9.17) is 15.2 Å². The first kappa shape index (κ1) is 37.3. The SMILES string of the molecule is CC(C)(C)C(=O)[O-].CC(C)CC[C@]1(c2ccccc2)N=C(N)N(Cc2ccc(C(C)(C)C)c(C(=O)N(C)Cc3noc(C4CC4)n3)c2)C1=O. The van der Waals surface area contributed by atoms with Crippen molar-refractivity contribution in [3.63, 3.8) is 0 Å². The van der Waals surface area contributed by atoms with Crippen LogP contribution in [-0.4, -0.2) is 50.7 Å². The van der Waals surface area contributed by atoms with Crippen molar-refractivity contribution in [3.8, 4) is 0 Å². The number of hydrogen-bond donors (Lipinski definition) is 1. The maximum atomic E-state index is 14.1. The minimum Gasteiger partial charge on any atom is -0.550 e. The fourth-order valence-corrected chi connectivity index (χ4v) is 5.51. The van der Waals surface area contributed by atoms with Gasteiger partial charge in [0, 0.05) is 29.9 Å². The molecule has 0 spiro atoms. The Morgan fingerprint density at radius 1 is 1.08 bits per heavy atom. The first-order valence-corrected chi connectivity index (χ1v) is 17.0. The molecule has 49 heavy (non-hydrogen) atoms. The van der Waals surface area contributed by atoms with Gasteiger partial charge in [-0.2, -0.15) is 4.98 Å². The van der Waals surface area contributed by atoms with Gasteiger partial charge in [-0.15, -0.1) is 0 Å². The van der Waals surface area contributed by atoms with E-state index in [0.29, 0.717) is 35.5 Å². The third-order valence-electron chi connectivity index (χ3n) is 8.73. The maximum Gasteiger partial charge on any atom is 0.262 e. The van der Waals surface area contributed by atoms with Crippen LogP contribution >= 0.6 is 0 Å². The highest BCUT2D eigenvalue weighted by Crippen LogP contribution is 2.40. The van der Waals surface area contributed by atoms with Gasteiger partial charge in [0.25, 0.3) is 11.8 Å². The van der Waals surface area contributed by atoms with Gasteiger partial charge >= 0.3 is 0 Å². The van der Waals surface area contributed by atoms with Crippen LogP contribution in [-0.2, 0) is 33.6 Å². The van der Waals surface area contributed by atoms with Crippen molar-refractivity contribution in [2.75, 3.05) is 7.05 Å². The number of amides is 2. The quantitative estimate of drug-likeness (QED) is 0.305. The van der Waals surface area contributed by atoms with E-state index < -0.39 is 16.9 Å². The van der Waals surface area contributed by atoms with Crippen LogP contribution in [0.5, 0.6) is 0 Å². The van der Waals surface area contributed by atoms with E-state index in [0.717, 1.165) is 36.0 Å². The predicted octanol–water partition coefficient (Wildman–Crippen LogP) is 5.29. The molecule has 11 nitrogen and oxygen atoms in total. The number of nitrogens with zero attached hydrogens (tertiary/aromatic N) is 5. The number of carbonyl (C=O) groups excluding carboxylic acids is 3. The molecule has 1 aliphatic heterocycles. The number of aliphatic imine (C=N–C) groups is 1. The molecule has 0 unspecified atom stereocenters. The number of hydrogen-bond acceptors (Lipinski definition) is 9. The van der Waals surface area contributed by atoms with E-state index in [2.05, 4.69) is 44.8 Å². The van der Waals surface area contributed by atoms with E-state index in [1.807, 2.05) is 48.5 Å². The van der Waals surface area contributed by atoms with Crippen LogP contribution in [0.4, 0.5) is 0 Å². The van der Waals surface area contributed by atoms with Crippen LogP contribution in [0.25, 0.3) is 0 Å². The van der Waals surface area contributed by atoms with Gasteiger partial charge in [-0.3, -0.25) is 14.5 Å². The number of rotatable bonds is 10. The van der Waals surface area contributed by atoms with Gasteiger partial charge in [-0.1, -0.05) is 103 Å². The Morgan fingerprint density at radius 2 is 1.71 bits per heavy atom. The summed E-state index contributed by atoms with van der Waals surface area (Å²) in [6.45, 7) is 15.8. The third kappa shape index (κ3) is 8.93. The maximum absolute atomic E-state index is 14.1. The van der Waals surface area contributed by atoms with E-state index in [-0.39, 0.29) is 36.3 Å². The highest BCUT2D eigenvalue weighted by atomic mass is 16.5. The van der Waals surface area contributed by atoms with Gasteiger partial charge in [0.1, 0.15) is 0 Å². The van der Waals surface area contributed by atoms with Crippen molar-refractivity contribution in [2.24, 2.45) is 22.1 Å². The molecular formula is C38H51N6O5-. The molecule has 3 aromatic rings. The molecule has 0 bridgehead atoms. The molecule has 0 radical (unpaired) electrons. The van der Waals surface area contributed by atoms with Crippen LogP contribution in [0.15, 0.2) is 58.0 Å². The van der Waals surface area contributed by atoms with E-state index in [9.17, 15) is 19.5 Å². The molecule has 1 atom stereocenters. The number of carbonyl (C=O) groups is 3. The van der Waals surface area contributed by atoms with Gasteiger partial charge in [-0.05, 0) is 59.8 Å². The average molecular weight is 672 g/mol. The van der Waals surface area contributed by atoms with Crippen LogP contribution in [0.2, 0.25) is 0 Å². The summed E-state index contributed by atoms with van der Waals surface area (Å²) < 4.78 is 5.39. The zero-order chi connectivity index (χ0) is 36.3. The Balaban J connectivity index is 0.000000698. The predicted molar refractivity (Wildman–Crippen MR) is 186 cm³/mol. The second-order valence-corrected chi connectivity index (χ2v) is 15.7. The van der Waals surface area contributed by atoms with Crippen molar-refractivity contribution in [3.05, 3.63) is 82.5 Å². The topological polar surface area (TPSA) is 158 Å². The molecule has 2 aromatic carbocycles. The molecule has 2 N–H and O–H groups in total. The normalized spacial score (nSPS) is 17.9. The summed E-state index contributed by atoms with van der Waals surface area (Å²) in [5, 5.41) is 14.0. The lowest BCUT2D eigenvalue weighted by Crippen LogP contribution is -2.42. The van der Waals surface area contributed by atoms with Crippen LogP contribution < -0.4 is 10.8 Å². The Hall–Kier alpha value is -4.54. The molecule has 1 aliphatic carbocycles. The number of guanidine groups is 1. The lowest BCUT2D eigenvalue weighted by atomic mass is 9.82. The molecule has 1 aromatic heterocycles. The summed E-state index contributed by atoms with van der Waals surface area (Å²) in [5.74, 6) is 0.807. The van der Waals surface area contributed by atoms with Gasteiger partial charge in [0.15, 0.2) is 17.3 Å². The van der Waals surface area contributed by atoms with Crippen molar-refractivity contribution in [1.29, 1.82) is 0 Å². The van der Waals surface area contributed by atoms with Crippen LogP contribution in [0, 0.1) is 11.3 Å². The number of carboxylic acids is 1. The molecule has 5 rings (SSSR count). The molecule has 0 saturated heterocycles. The Kier molecular flexibility index (Phi) is 11.0. The summed E-state index contributed by atoms with van der Waals surface area (Å²) in [6, 6.07) is 15.5. The standard InChI is InChI=1S/C33H42N6O3.C5H10O2/c1-21(2)16-17-33(24-10-8-7-9-11-24)30(41)39(31(34)36-33)19-22-12-15-26(32(3,4)5)25(18-22)29(40)38(6)20-27-35-28(42-37-27)23-13-14-23;1-5(2,3)4(6)7/h7-12,15,18,21,23H,13-14,16-17,19-20H2,1-6H3,(H2,34,36);1-3H3,(H,6,7)/p-1/t33-;/m1./s1. The van der Waals surface area contributed by atoms with E-state index >= 15 is 0 Å². The zero-order valence-corrected chi connectivity index (χ0v) is 30.4. The summed E-state index contributed by atoms with van der Waals surface area (Å²) in [6.07, 6.45) is 3.54. The summed E-state index contributed by atoms with van der Waals surface area (Å²) in [4.78, 5) is 50.3. The van der Waals surface area contributed by atoms with Crippen LogP contribution in [0.1, 0.15) is 126 Å². The lowest BCUT2D eigenvalue weighted by Gasteiger charge is -2.28. The molecule has 2 aliphatic rings.